The maximum Gasteiger partial charge on any atom is 0.339 e. The topological polar surface area (TPSA) is 97.6 Å². The third kappa shape index (κ3) is 5.28. The van der Waals surface area contributed by atoms with Gasteiger partial charge in [0.1, 0.15) is 11.3 Å². The molecule has 0 amide bonds. The number of nitrogens with one attached hydrogen (secondary N) is 2. The molecule has 0 fully saturated rings. The van der Waals surface area contributed by atoms with Gasteiger partial charge in [-0.1, -0.05) is 59.6 Å². The summed E-state index contributed by atoms with van der Waals surface area (Å²) in [7, 11) is -0.931. The molecule has 0 aliphatic rings. The van der Waals surface area contributed by atoms with E-state index in [0.29, 0.717) is 44.3 Å². The van der Waals surface area contributed by atoms with E-state index in [4.69, 9.17) is 20.8 Å². The maximum absolute atomic E-state index is 13.6. The highest BCUT2D eigenvalue weighted by atomic mass is 35.5. The van der Waals surface area contributed by atoms with Crippen LogP contribution >= 0.6 is 11.6 Å². The second-order valence-electron chi connectivity index (χ2n) is 9.29. The number of hydrogen-bond donors (Lipinski definition) is 2. The maximum atomic E-state index is 13.6. The van der Waals surface area contributed by atoms with Crippen LogP contribution in [-0.4, -0.2) is 28.5 Å². The lowest BCUT2D eigenvalue weighted by molar-refractivity contribution is 0.0601. The van der Waals surface area contributed by atoms with Crippen LogP contribution in [0, 0.1) is 6.92 Å². The van der Waals surface area contributed by atoms with Crippen LogP contribution in [0.15, 0.2) is 100 Å². The van der Waals surface area contributed by atoms with Gasteiger partial charge in [-0.25, -0.2) is 13.2 Å². The standard InChI is InChI=1S/C31H27ClN2O5S/c1-19-8-15-23(16-9-19)40(36,37)34-29-24-6-4-5-7-27(24)39-30(29)28(20-10-13-22(32)14-11-20)21-12-17-26(33-2)25(18-21)31(35)38-3/h4-18,28,33-34H,1-3H3/t28-/m1/s1. The first kappa shape index (κ1) is 27.3. The second-order valence-corrected chi connectivity index (χ2v) is 11.4. The van der Waals surface area contributed by atoms with Crippen molar-refractivity contribution in [2.45, 2.75) is 17.7 Å². The first-order chi connectivity index (χ1) is 19.2. The van der Waals surface area contributed by atoms with Gasteiger partial charge in [-0.2, -0.15) is 0 Å². The average molecular weight is 575 g/mol. The number of aryl methyl sites for hydroxylation is 1. The molecule has 5 aromatic rings. The molecule has 5 rings (SSSR count). The van der Waals surface area contributed by atoms with E-state index >= 15 is 0 Å². The Morgan fingerprint density at radius 3 is 2.27 bits per heavy atom. The Hall–Kier alpha value is -4.27. The minimum Gasteiger partial charge on any atom is -0.465 e. The Labute approximate surface area is 237 Å². The molecule has 9 heteroatoms. The lowest BCUT2D eigenvalue weighted by Crippen LogP contribution is -2.15. The number of carbonyl (C=O) groups excluding carboxylic acids is 1. The molecule has 0 unspecified atom stereocenters. The zero-order chi connectivity index (χ0) is 28.4. The molecule has 0 bridgehead atoms. The minimum atomic E-state index is -3.97. The summed E-state index contributed by atoms with van der Waals surface area (Å²) in [6, 6.07) is 26.4. The smallest absolute Gasteiger partial charge is 0.339 e. The first-order valence-corrected chi connectivity index (χ1v) is 14.3. The number of hydrogen-bond acceptors (Lipinski definition) is 6. The number of benzene rings is 4. The number of esters is 1. The second kappa shape index (κ2) is 11.1. The molecule has 0 radical (unpaired) electrons. The fourth-order valence-electron chi connectivity index (χ4n) is 4.67. The molecule has 2 N–H and O–H groups in total. The number of carbonyl (C=O) groups is 1. The number of fused-ring (bicyclic) bond motifs is 1. The third-order valence-corrected chi connectivity index (χ3v) is 8.33. The van der Waals surface area contributed by atoms with Gasteiger partial charge in [-0.15, -0.1) is 0 Å². The van der Waals surface area contributed by atoms with Crippen LogP contribution < -0.4 is 10.0 Å². The fraction of sp³-hybridized carbons (Fsp3) is 0.129. The predicted molar refractivity (Wildman–Crippen MR) is 158 cm³/mol. The Morgan fingerprint density at radius 2 is 1.60 bits per heavy atom. The van der Waals surface area contributed by atoms with Crippen molar-refractivity contribution in [3.8, 4) is 0 Å². The number of halogens is 1. The van der Waals surface area contributed by atoms with Crippen LogP contribution in [-0.2, 0) is 14.8 Å². The molecule has 7 nitrogen and oxygen atoms in total. The van der Waals surface area contributed by atoms with Crippen molar-refractivity contribution >= 4 is 49.9 Å². The van der Waals surface area contributed by atoms with Gasteiger partial charge in [-0.3, -0.25) is 4.72 Å². The molecule has 40 heavy (non-hydrogen) atoms. The largest absolute Gasteiger partial charge is 0.465 e. The van der Waals surface area contributed by atoms with E-state index in [1.54, 1.807) is 67.7 Å². The van der Waals surface area contributed by atoms with Gasteiger partial charge >= 0.3 is 5.97 Å². The van der Waals surface area contributed by atoms with E-state index in [9.17, 15) is 13.2 Å². The molecule has 1 heterocycles. The van der Waals surface area contributed by atoms with Gasteiger partial charge in [0.15, 0.2) is 0 Å². The molecular formula is C31H27ClN2O5S. The van der Waals surface area contributed by atoms with Crippen molar-refractivity contribution in [3.63, 3.8) is 0 Å². The molecule has 0 aliphatic carbocycles. The highest BCUT2D eigenvalue weighted by Crippen LogP contribution is 2.43. The Bertz CT molecular complexity index is 1800. The zero-order valence-corrected chi connectivity index (χ0v) is 23.6. The summed E-state index contributed by atoms with van der Waals surface area (Å²) in [6.07, 6.45) is 0. The molecule has 0 saturated carbocycles. The van der Waals surface area contributed by atoms with Gasteiger partial charge in [0.25, 0.3) is 10.0 Å². The van der Waals surface area contributed by atoms with Crippen LogP contribution in [0.5, 0.6) is 0 Å². The fourth-order valence-corrected chi connectivity index (χ4v) is 5.89. The third-order valence-electron chi connectivity index (χ3n) is 6.71. The monoisotopic (exact) mass is 574 g/mol. The van der Waals surface area contributed by atoms with Crippen LogP contribution in [0.4, 0.5) is 11.4 Å². The van der Waals surface area contributed by atoms with Crippen LogP contribution in [0.25, 0.3) is 11.0 Å². The Morgan fingerprint density at radius 1 is 0.925 bits per heavy atom. The van der Waals surface area contributed by atoms with Gasteiger partial charge in [0.2, 0.25) is 0 Å². The summed E-state index contributed by atoms with van der Waals surface area (Å²) in [6.45, 7) is 1.89. The Balaban J connectivity index is 1.75. The van der Waals surface area contributed by atoms with E-state index in [0.717, 1.165) is 11.1 Å². The first-order valence-electron chi connectivity index (χ1n) is 12.5. The Kier molecular flexibility index (Phi) is 7.56. The van der Waals surface area contributed by atoms with Gasteiger partial charge < -0.3 is 14.5 Å². The number of para-hydroxylation sites is 1. The van der Waals surface area contributed by atoms with Crippen molar-refractivity contribution in [3.05, 3.63) is 124 Å². The summed E-state index contributed by atoms with van der Waals surface area (Å²) in [5.74, 6) is -0.743. The van der Waals surface area contributed by atoms with Gasteiger partial charge in [0, 0.05) is 23.1 Å². The lowest BCUT2D eigenvalue weighted by atomic mass is 9.87. The van der Waals surface area contributed by atoms with E-state index in [1.165, 1.54) is 7.11 Å². The molecule has 0 aliphatic heterocycles. The molecule has 204 valence electrons. The summed E-state index contributed by atoms with van der Waals surface area (Å²) in [5.41, 5.74) is 4.17. The molecular weight excluding hydrogens is 548 g/mol. The summed E-state index contributed by atoms with van der Waals surface area (Å²) >= 11 is 6.21. The highest BCUT2D eigenvalue weighted by molar-refractivity contribution is 7.92. The highest BCUT2D eigenvalue weighted by Gasteiger charge is 2.30. The van der Waals surface area contributed by atoms with Gasteiger partial charge in [-0.05, 0) is 66.6 Å². The molecule has 4 aromatic carbocycles. The van der Waals surface area contributed by atoms with Crippen LogP contribution in [0.2, 0.25) is 5.02 Å². The van der Waals surface area contributed by atoms with Crippen molar-refractivity contribution in [1.82, 2.24) is 0 Å². The predicted octanol–water partition coefficient (Wildman–Crippen LogP) is 7.20. The summed E-state index contributed by atoms with van der Waals surface area (Å²) in [4.78, 5) is 12.8. The van der Waals surface area contributed by atoms with Crippen molar-refractivity contribution in [2.75, 3.05) is 24.2 Å². The number of ether oxygens (including phenoxy) is 1. The molecule has 0 saturated heterocycles. The summed E-state index contributed by atoms with van der Waals surface area (Å²) < 4.78 is 41.4. The lowest BCUT2D eigenvalue weighted by Gasteiger charge is -2.20. The van der Waals surface area contributed by atoms with E-state index in [-0.39, 0.29) is 4.90 Å². The summed E-state index contributed by atoms with van der Waals surface area (Å²) in [5, 5.41) is 4.17. The van der Waals surface area contributed by atoms with Crippen molar-refractivity contribution < 1.29 is 22.4 Å². The quantitative estimate of drug-likeness (QED) is 0.190. The van der Waals surface area contributed by atoms with Crippen LogP contribution in [0.3, 0.4) is 0 Å². The van der Waals surface area contributed by atoms with Crippen molar-refractivity contribution in [2.24, 2.45) is 0 Å². The van der Waals surface area contributed by atoms with Crippen molar-refractivity contribution in [1.29, 1.82) is 0 Å². The normalized spacial score (nSPS) is 12.2. The number of anilines is 2. The molecule has 1 atom stereocenters. The average Bonchev–Trinajstić information content (AvgIpc) is 3.31. The van der Waals surface area contributed by atoms with Gasteiger partial charge in [0.05, 0.1) is 29.2 Å². The number of rotatable bonds is 8. The number of methoxy groups -OCH3 is 1. The van der Waals surface area contributed by atoms with E-state index in [2.05, 4.69) is 10.0 Å². The number of furan rings is 1. The SMILES string of the molecule is CNc1ccc([C@@H](c2ccc(Cl)cc2)c2oc3ccccc3c2NS(=O)(=O)c2ccc(C)cc2)cc1C(=O)OC. The molecule has 1 aromatic heterocycles. The van der Waals surface area contributed by atoms with E-state index in [1.807, 2.05) is 37.3 Å². The van der Waals surface area contributed by atoms with Crippen LogP contribution in [0.1, 0.15) is 38.7 Å². The van der Waals surface area contributed by atoms with E-state index < -0.39 is 21.9 Å². The molecule has 0 spiro atoms. The minimum absolute atomic E-state index is 0.128. The number of sulfonamides is 1. The zero-order valence-electron chi connectivity index (χ0n) is 22.1.